The van der Waals surface area contributed by atoms with Crippen LogP contribution in [0.5, 0.6) is 0 Å². The molecule has 0 aliphatic carbocycles. The van der Waals surface area contributed by atoms with E-state index >= 15 is 0 Å². The number of hydrogen-bond donors (Lipinski definition) is 0. The molecule has 5 heteroatoms. The second kappa shape index (κ2) is 3.20. The van der Waals surface area contributed by atoms with E-state index in [2.05, 4.69) is 4.84 Å². The van der Waals surface area contributed by atoms with Crippen LogP contribution in [0.25, 0.3) is 0 Å². The monoisotopic (exact) mass is 120 g/mol. The first-order chi connectivity index (χ1) is 3.63. The maximum Gasteiger partial charge on any atom is 0.295 e. The summed E-state index contributed by atoms with van der Waals surface area (Å²) in [6.45, 7) is 0.0208. The van der Waals surface area contributed by atoms with E-state index in [1.54, 1.807) is 19.0 Å². The Morgan fingerprint density at radius 1 is 1.75 bits per heavy atom. The lowest BCUT2D eigenvalue weighted by atomic mass is 10.9. The predicted octanol–water partition coefficient (Wildman–Crippen LogP) is -0.286. The Bertz CT molecular complexity index is 82.6. The summed E-state index contributed by atoms with van der Waals surface area (Å²) in [6, 6.07) is 0. The minimum atomic E-state index is -0.819. The van der Waals surface area contributed by atoms with E-state index in [1.165, 1.54) is 0 Å². The van der Waals surface area contributed by atoms with Gasteiger partial charge in [0.15, 0.2) is 0 Å². The maximum absolute atomic E-state index is 9.46. The molecule has 0 spiro atoms. The van der Waals surface area contributed by atoms with Gasteiger partial charge in [0.05, 0.1) is 0 Å². The van der Waals surface area contributed by atoms with Crippen molar-refractivity contribution in [2.75, 3.05) is 20.8 Å². The summed E-state index contributed by atoms with van der Waals surface area (Å²) in [7, 11) is 3.37. The first-order valence-electron chi connectivity index (χ1n) is 2.05. The summed E-state index contributed by atoms with van der Waals surface area (Å²) in [4.78, 5) is 15.0. The highest BCUT2D eigenvalue weighted by Gasteiger charge is 1.92. The van der Waals surface area contributed by atoms with Crippen molar-refractivity contribution >= 4 is 0 Å². The van der Waals surface area contributed by atoms with Gasteiger partial charge in [-0.2, -0.15) is 0 Å². The van der Waals surface area contributed by atoms with E-state index in [4.69, 9.17) is 0 Å². The molecule has 0 aliphatic heterocycles. The quantitative estimate of drug-likeness (QED) is 0.292. The summed E-state index contributed by atoms with van der Waals surface area (Å²) < 4.78 is 0. The fourth-order valence-electron chi connectivity index (χ4n) is 0.163. The molecule has 0 fully saturated rings. The van der Waals surface area contributed by atoms with Gasteiger partial charge in [0.2, 0.25) is 0 Å². The van der Waals surface area contributed by atoms with Crippen LogP contribution >= 0.6 is 0 Å². The Balaban J connectivity index is 3.05. The number of nitrogens with zero attached hydrogens (tertiary/aromatic N) is 2. The van der Waals surface area contributed by atoms with Crippen LogP contribution in [0.4, 0.5) is 0 Å². The third-order valence-corrected chi connectivity index (χ3v) is 0.421. The molecule has 0 aliphatic rings. The minimum Gasteiger partial charge on any atom is -0.298 e. The van der Waals surface area contributed by atoms with E-state index in [0.29, 0.717) is 0 Å². The van der Waals surface area contributed by atoms with Crippen molar-refractivity contribution in [2.45, 2.75) is 0 Å². The van der Waals surface area contributed by atoms with Crippen molar-refractivity contribution < 1.29 is 9.92 Å². The van der Waals surface area contributed by atoms with Crippen LogP contribution in [0.3, 0.4) is 0 Å². The van der Waals surface area contributed by atoms with Gasteiger partial charge in [0.25, 0.3) is 5.09 Å². The molecule has 0 rings (SSSR count). The van der Waals surface area contributed by atoms with Crippen LogP contribution in [0.2, 0.25) is 0 Å². The average molecular weight is 120 g/mol. The highest BCUT2D eigenvalue weighted by molar-refractivity contribution is 4.19. The van der Waals surface area contributed by atoms with Crippen molar-refractivity contribution in [3.63, 3.8) is 0 Å². The maximum atomic E-state index is 9.46. The smallest absolute Gasteiger partial charge is 0.295 e. The normalized spacial score (nSPS) is 9.38. The zero-order chi connectivity index (χ0) is 6.57. The zero-order valence-electron chi connectivity index (χ0n) is 4.83. The van der Waals surface area contributed by atoms with Crippen molar-refractivity contribution in [3.8, 4) is 0 Å². The zero-order valence-corrected chi connectivity index (χ0v) is 4.83. The van der Waals surface area contributed by atoms with E-state index in [9.17, 15) is 10.1 Å². The second-order valence-corrected chi connectivity index (χ2v) is 1.56. The van der Waals surface area contributed by atoms with Gasteiger partial charge < -0.3 is 0 Å². The molecule has 0 bridgehead atoms. The topological polar surface area (TPSA) is 55.6 Å². The van der Waals surface area contributed by atoms with Gasteiger partial charge in [-0.05, 0) is 14.1 Å². The Hall–Kier alpha value is -0.840. The molecular weight excluding hydrogens is 112 g/mol. The SMILES string of the molecule is CN(C)CO[N+](=O)[O-]. The fraction of sp³-hybridized carbons (Fsp3) is 1.00. The molecular formula is C3H8N2O3. The summed E-state index contributed by atoms with van der Waals surface area (Å²) in [5.41, 5.74) is 0. The molecule has 0 aromatic rings. The van der Waals surface area contributed by atoms with Crippen molar-refractivity contribution in [1.29, 1.82) is 0 Å². The Morgan fingerprint density at radius 2 is 2.25 bits per heavy atom. The predicted molar refractivity (Wildman–Crippen MR) is 26.6 cm³/mol. The molecule has 0 radical (unpaired) electrons. The van der Waals surface area contributed by atoms with Crippen LogP contribution in [0.1, 0.15) is 0 Å². The molecule has 0 amide bonds. The molecule has 0 atom stereocenters. The van der Waals surface area contributed by atoms with Crippen LogP contribution in [-0.2, 0) is 4.84 Å². The lowest BCUT2D eigenvalue weighted by molar-refractivity contribution is -0.762. The highest BCUT2D eigenvalue weighted by Crippen LogP contribution is 1.76. The van der Waals surface area contributed by atoms with E-state index in [0.717, 1.165) is 0 Å². The largest absolute Gasteiger partial charge is 0.298 e. The van der Waals surface area contributed by atoms with Gasteiger partial charge in [0, 0.05) is 0 Å². The van der Waals surface area contributed by atoms with E-state index < -0.39 is 5.09 Å². The Labute approximate surface area is 46.9 Å². The molecule has 0 heterocycles. The molecule has 0 aromatic carbocycles. The second-order valence-electron chi connectivity index (χ2n) is 1.56. The third-order valence-electron chi connectivity index (χ3n) is 0.421. The van der Waals surface area contributed by atoms with Crippen LogP contribution in [-0.4, -0.2) is 30.8 Å². The van der Waals surface area contributed by atoms with Crippen molar-refractivity contribution in [3.05, 3.63) is 10.1 Å². The van der Waals surface area contributed by atoms with Crippen LogP contribution in [0, 0.1) is 10.1 Å². The van der Waals surface area contributed by atoms with Crippen molar-refractivity contribution in [2.24, 2.45) is 0 Å². The van der Waals surface area contributed by atoms with Gasteiger partial charge in [0.1, 0.15) is 6.73 Å². The molecule has 0 saturated heterocycles. The Kier molecular flexibility index (Phi) is 2.86. The number of hydrogen-bond acceptors (Lipinski definition) is 4. The summed E-state index contributed by atoms with van der Waals surface area (Å²) in [6.07, 6.45) is 0. The lowest BCUT2D eigenvalue weighted by Crippen LogP contribution is -2.18. The molecule has 8 heavy (non-hydrogen) atoms. The summed E-state index contributed by atoms with van der Waals surface area (Å²) in [5.74, 6) is 0. The molecule has 0 N–H and O–H groups in total. The van der Waals surface area contributed by atoms with E-state index in [1.807, 2.05) is 0 Å². The third kappa shape index (κ3) is 5.16. The number of rotatable bonds is 3. The highest BCUT2D eigenvalue weighted by atomic mass is 17.0. The summed E-state index contributed by atoms with van der Waals surface area (Å²) >= 11 is 0. The fourth-order valence-corrected chi connectivity index (χ4v) is 0.163. The van der Waals surface area contributed by atoms with Gasteiger partial charge in [-0.3, -0.25) is 9.74 Å². The first kappa shape index (κ1) is 7.16. The molecule has 0 unspecified atom stereocenters. The Morgan fingerprint density at radius 3 is 2.38 bits per heavy atom. The lowest BCUT2D eigenvalue weighted by Gasteiger charge is -2.04. The first-order valence-corrected chi connectivity index (χ1v) is 2.05. The van der Waals surface area contributed by atoms with Crippen LogP contribution in [0.15, 0.2) is 0 Å². The minimum absolute atomic E-state index is 0.0208. The molecule has 0 saturated carbocycles. The average Bonchev–Trinajstić information content (AvgIpc) is 1.61. The van der Waals surface area contributed by atoms with Gasteiger partial charge in [-0.25, -0.2) is 0 Å². The molecule has 0 aromatic heterocycles. The van der Waals surface area contributed by atoms with Crippen molar-refractivity contribution in [1.82, 2.24) is 4.90 Å². The van der Waals surface area contributed by atoms with Gasteiger partial charge in [-0.1, -0.05) is 0 Å². The molecule has 5 nitrogen and oxygen atoms in total. The van der Waals surface area contributed by atoms with Crippen LogP contribution < -0.4 is 0 Å². The summed E-state index contributed by atoms with van der Waals surface area (Å²) in [5, 5.41) is 8.64. The van der Waals surface area contributed by atoms with E-state index in [-0.39, 0.29) is 6.73 Å². The van der Waals surface area contributed by atoms with Gasteiger partial charge >= 0.3 is 0 Å². The standard InChI is InChI=1S/C3H8N2O3/c1-4(2)3-8-5(6)7/h3H2,1-2H3. The van der Waals surface area contributed by atoms with Gasteiger partial charge in [-0.15, -0.1) is 10.1 Å². The molecule has 48 valence electrons.